The van der Waals surface area contributed by atoms with Crippen LogP contribution < -0.4 is 0 Å². The van der Waals surface area contributed by atoms with Gasteiger partial charge in [0, 0.05) is 6.21 Å². The van der Waals surface area contributed by atoms with Crippen LogP contribution in [0.1, 0.15) is 13.3 Å². The number of allylic oxidation sites excluding steroid dienone is 2. The van der Waals surface area contributed by atoms with Crippen molar-refractivity contribution in [3.63, 3.8) is 0 Å². The number of hydrogen-bond donors (Lipinski definition) is 0. The third-order valence-corrected chi connectivity index (χ3v) is 1.87. The van der Waals surface area contributed by atoms with Crippen LogP contribution in [0.5, 0.6) is 0 Å². The van der Waals surface area contributed by atoms with E-state index in [1.807, 2.05) is 6.92 Å². The maximum atomic E-state index is 10.6. The van der Waals surface area contributed by atoms with E-state index < -0.39 is 4.92 Å². The van der Waals surface area contributed by atoms with Gasteiger partial charge in [0.05, 0.1) is 10.5 Å². The van der Waals surface area contributed by atoms with Crippen LogP contribution in [-0.2, 0) is 4.79 Å². The minimum Gasteiger partial charge on any atom is -0.298 e. The zero-order valence-electron chi connectivity index (χ0n) is 7.71. The fourth-order valence-electron chi connectivity index (χ4n) is 1.07. The third-order valence-electron chi connectivity index (χ3n) is 1.87. The van der Waals surface area contributed by atoms with Gasteiger partial charge in [0.15, 0.2) is 6.29 Å². The van der Waals surface area contributed by atoms with Gasteiger partial charge in [-0.3, -0.25) is 19.9 Å². The molecule has 0 aromatic heterocycles. The first kappa shape index (κ1) is 10.3. The Bertz CT molecular complexity index is 342. The monoisotopic (exact) mass is 194 g/mol. The molecule has 5 heteroatoms. The molecular formula is C9H10N2O3. The molecule has 0 spiro atoms. The van der Waals surface area contributed by atoms with Crippen LogP contribution in [0.25, 0.3) is 0 Å². The highest BCUT2D eigenvalue weighted by Crippen LogP contribution is 2.14. The van der Waals surface area contributed by atoms with E-state index >= 15 is 0 Å². The van der Waals surface area contributed by atoms with Crippen molar-refractivity contribution in [2.24, 2.45) is 10.9 Å². The molecule has 14 heavy (non-hydrogen) atoms. The SMILES string of the molecule is CC1C=N/C=C([N+](=O)[O-])\C(C=O)=C/C1. The van der Waals surface area contributed by atoms with Crippen LogP contribution in [0, 0.1) is 16.0 Å². The second-order valence-electron chi connectivity index (χ2n) is 3.06. The molecule has 1 aliphatic heterocycles. The van der Waals surface area contributed by atoms with E-state index in [1.54, 1.807) is 12.3 Å². The quantitative estimate of drug-likeness (QED) is 0.378. The highest BCUT2D eigenvalue weighted by Gasteiger charge is 2.17. The van der Waals surface area contributed by atoms with E-state index in [9.17, 15) is 14.9 Å². The van der Waals surface area contributed by atoms with Gasteiger partial charge < -0.3 is 0 Å². The fraction of sp³-hybridized carbons (Fsp3) is 0.333. The Balaban J connectivity index is 3.09. The molecule has 1 unspecified atom stereocenters. The van der Waals surface area contributed by atoms with Gasteiger partial charge in [-0.1, -0.05) is 13.0 Å². The van der Waals surface area contributed by atoms with Crippen LogP contribution in [0.3, 0.4) is 0 Å². The van der Waals surface area contributed by atoms with Crippen molar-refractivity contribution < 1.29 is 9.72 Å². The van der Waals surface area contributed by atoms with E-state index in [0.717, 1.165) is 6.20 Å². The molecule has 1 atom stereocenters. The zero-order chi connectivity index (χ0) is 10.6. The van der Waals surface area contributed by atoms with Gasteiger partial charge in [0.25, 0.3) is 5.70 Å². The fourth-order valence-corrected chi connectivity index (χ4v) is 1.07. The van der Waals surface area contributed by atoms with Crippen molar-refractivity contribution in [2.75, 3.05) is 0 Å². The summed E-state index contributed by atoms with van der Waals surface area (Å²) in [5, 5.41) is 10.5. The van der Waals surface area contributed by atoms with Crippen LogP contribution >= 0.6 is 0 Å². The highest BCUT2D eigenvalue weighted by molar-refractivity contribution is 5.79. The second kappa shape index (κ2) is 4.45. The summed E-state index contributed by atoms with van der Waals surface area (Å²) in [7, 11) is 0. The summed E-state index contributed by atoms with van der Waals surface area (Å²) in [4.78, 5) is 24.3. The first-order valence-corrected chi connectivity index (χ1v) is 4.18. The average Bonchev–Trinajstić information content (AvgIpc) is 2.11. The minimum atomic E-state index is -0.604. The molecule has 74 valence electrons. The van der Waals surface area contributed by atoms with Crippen LogP contribution in [0.15, 0.2) is 28.5 Å². The largest absolute Gasteiger partial charge is 0.298 e. The number of carbonyl (C=O) groups is 1. The Morgan fingerprint density at radius 2 is 2.43 bits per heavy atom. The maximum absolute atomic E-state index is 10.6. The standard InChI is InChI=1S/C9H10N2O3/c1-7-2-3-8(6-12)9(11(13)14)5-10-4-7/h3-7H,2H2,1H3/b8-3-,9-5+,10-4?. The van der Waals surface area contributed by atoms with Gasteiger partial charge in [-0.25, -0.2) is 0 Å². The molecule has 0 radical (unpaired) electrons. The molecule has 0 aromatic carbocycles. The predicted molar refractivity (Wildman–Crippen MR) is 51.5 cm³/mol. The number of carbonyl (C=O) groups excluding carboxylic acids is 1. The number of nitro groups is 1. The van der Waals surface area contributed by atoms with Crippen molar-refractivity contribution in [3.05, 3.63) is 33.7 Å². The topological polar surface area (TPSA) is 72.6 Å². The molecule has 0 saturated heterocycles. The van der Waals surface area contributed by atoms with Crippen LogP contribution in [0.4, 0.5) is 0 Å². The van der Waals surface area contributed by atoms with Gasteiger partial charge in [0.1, 0.15) is 6.20 Å². The average molecular weight is 194 g/mol. The van der Waals surface area contributed by atoms with Crippen molar-refractivity contribution in [2.45, 2.75) is 13.3 Å². The smallest absolute Gasteiger partial charge is 0.297 e. The van der Waals surface area contributed by atoms with Gasteiger partial charge in [-0.2, -0.15) is 0 Å². The summed E-state index contributed by atoms with van der Waals surface area (Å²) in [6.45, 7) is 1.92. The van der Waals surface area contributed by atoms with E-state index in [4.69, 9.17) is 0 Å². The van der Waals surface area contributed by atoms with E-state index in [0.29, 0.717) is 12.7 Å². The Labute approximate surface area is 81.0 Å². The summed E-state index contributed by atoms with van der Waals surface area (Å²) in [6, 6.07) is 0. The molecule has 0 amide bonds. The van der Waals surface area contributed by atoms with Crippen LogP contribution in [0.2, 0.25) is 0 Å². The van der Waals surface area contributed by atoms with Gasteiger partial charge in [-0.15, -0.1) is 0 Å². The molecule has 0 N–H and O–H groups in total. The van der Waals surface area contributed by atoms with Gasteiger partial charge >= 0.3 is 0 Å². The van der Waals surface area contributed by atoms with Gasteiger partial charge in [-0.05, 0) is 12.3 Å². The summed E-state index contributed by atoms with van der Waals surface area (Å²) in [5.74, 6) is 0.189. The second-order valence-corrected chi connectivity index (χ2v) is 3.06. The molecule has 1 rings (SSSR count). The van der Waals surface area contributed by atoms with Crippen molar-refractivity contribution in [1.29, 1.82) is 0 Å². The molecule has 5 nitrogen and oxygen atoms in total. The van der Waals surface area contributed by atoms with E-state index in [-0.39, 0.29) is 17.2 Å². The molecule has 0 bridgehead atoms. The molecule has 1 heterocycles. The Morgan fingerprint density at radius 1 is 1.71 bits per heavy atom. The first-order chi connectivity index (χ1) is 6.65. The summed E-state index contributed by atoms with van der Waals surface area (Å²) in [5.41, 5.74) is -0.151. The number of aliphatic imine (C=N–C) groups is 1. The maximum Gasteiger partial charge on any atom is 0.297 e. The van der Waals surface area contributed by atoms with Crippen molar-refractivity contribution in [3.8, 4) is 0 Å². The Morgan fingerprint density at radius 3 is 3.00 bits per heavy atom. The third kappa shape index (κ3) is 2.35. The van der Waals surface area contributed by atoms with Gasteiger partial charge in [0.2, 0.25) is 0 Å². The summed E-state index contributed by atoms with van der Waals surface area (Å²) < 4.78 is 0. The molecule has 1 aliphatic rings. The highest BCUT2D eigenvalue weighted by atomic mass is 16.6. The summed E-state index contributed by atoms with van der Waals surface area (Å²) >= 11 is 0. The number of aldehydes is 1. The number of hydrogen-bond acceptors (Lipinski definition) is 4. The van der Waals surface area contributed by atoms with E-state index in [2.05, 4.69) is 4.99 Å². The lowest BCUT2D eigenvalue weighted by Gasteiger charge is -2.04. The molecule has 0 fully saturated rings. The lowest BCUT2D eigenvalue weighted by Crippen LogP contribution is -2.06. The molecule has 0 saturated carbocycles. The van der Waals surface area contributed by atoms with Crippen LogP contribution in [-0.4, -0.2) is 17.4 Å². The lowest BCUT2D eigenvalue weighted by molar-refractivity contribution is -0.420. The minimum absolute atomic E-state index is 0.0960. The lowest BCUT2D eigenvalue weighted by atomic mass is 10.1. The molecule has 0 aromatic rings. The van der Waals surface area contributed by atoms with Crippen molar-refractivity contribution >= 4 is 12.5 Å². The predicted octanol–water partition coefficient (Wildman–Crippen LogP) is 1.34. The van der Waals surface area contributed by atoms with E-state index in [1.165, 1.54) is 0 Å². The Hall–Kier alpha value is -1.78. The zero-order valence-corrected chi connectivity index (χ0v) is 7.71. The number of nitrogens with zero attached hydrogens (tertiary/aromatic N) is 2. The molecule has 0 aliphatic carbocycles. The normalized spacial score (nSPS) is 29.1. The Kier molecular flexibility index (Phi) is 3.28. The van der Waals surface area contributed by atoms with Crippen molar-refractivity contribution in [1.82, 2.24) is 0 Å². The first-order valence-electron chi connectivity index (χ1n) is 4.18. The molecular weight excluding hydrogens is 184 g/mol. The number of rotatable bonds is 2. The summed E-state index contributed by atoms with van der Waals surface area (Å²) in [6.07, 6.45) is 5.37.